The Labute approximate surface area is 147 Å². The Hall–Kier alpha value is -2.75. The number of carbonyl (C=O) groups excluding carboxylic acids is 1. The lowest BCUT2D eigenvalue weighted by molar-refractivity contribution is -0.137. The molecule has 4 rings (SSSR count). The van der Waals surface area contributed by atoms with E-state index in [1.165, 1.54) is 0 Å². The zero-order chi connectivity index (χ0) is 17.2. The van der Waals surface area contributed by atoms with Crippen molar-refractivity contribution in [2.75, 3.05) is 7.11 Å². The Morgan fingerprint density at radius 1 is 1.16 bits per heavy atom. The fourth-order valence-corrected chi connectivity index (χ4v) is 3.83. The third-order valence-corrected chi connectivity index (χ3v) is 5.04. The zero-order valence-electron chi connectivity index (χ0n) is 14.4. The lowest BCUT2D eigenvalue weighted by atomic mass is 9.93. The average Bonchev–Trinajstić information content (AvgIpc) is 3.08. The highest BCUT2D eigenvalue weighted by Gasteiger charge is 2.31. The number of piperidine rings is 1. The first kappa shape index (κ1) is 15.8. The number of H-pyrrole nitrogens is 1. The number of nitrogens with one attached hydrogen (secondary N) is 1. The minimum Gasteiger partial charge on any atom is -0.496 e. The van der Waals surface area contributed by atoms with Crippen molar-refractivity contribution in [3.05, 3.63) is 65.9 Å². The van der Waals surface area contributed by atoms with Gasteiger partial charge in [0.2, 0.25) is 5.91 Å². The second-order valence-electron chi connectivity index (χ2n) is 6.54. The van der Waals surface area contributed by atoms with E-state index in [0.717, 1.165) is 40.6 Å². The van der Waals surface area contributed by atoms with Crippen molar-refractivity contribution in [3.63, 3.8) is 0 Å². The number of rotatable bonds is 4. The van der Waals surface area contributed by atoms with Crippen molar-refractivity contribution in [3.8, 4) is 5.75 Å². The Kier molecular flexibility index (Phi) is 4.18. The highest BCUT2D eigenvalue weighted by atomic mass is 16.5. The smallest absolute Gasteiger partial charge is 0.223 e. The van der Waals surface area contributed by atoms with Gasteiger partial charge in [-0.15, -0.1) is 0 Å². The van der Waals surface area contributed by atoms with Crippen LogP contribution in [0, 0.1) is 0 Å². The molecule has 4 nitrogen and oxygen atoms in total. The van der Waals surface area contributed by atoms with Crippen molar-refractivity contribution in [1.29, 1.82) is 0 Å². The van der Waals surface area contributed by atoms with Crippen LogP contribution in [-0.4, -0.2) is 22.9 Å². The molecule has 0 radical (unpaired) electrons. The Morgan fingerprint density at radius 3 is 2.80 bits per heavy atom. The quantitative estimate of drug-likeness (QED) is 0.767. The third kappa shape index (κ3) is 2.88. The van der Waals surface area contributed by atoms with E-state index in [2.05, 4.69) is 17.1 Å². The lowest BCUT2D eigenvalue weighted by Gasteiger charge is -2.36. The number of aromatic nitrogens is 1. The van der Waals surface area contributed by atoms with Crippen LogP contribution in [0.15, 0.2) is 54.7 Å². The zero-order valence-corrected chi connectivity index (χ0v) is 14.4. The van der Waals surface area contributed by atoms with E-state index in [9.17, 15) is 4.79 Å². The Balaban J connectivity index is 1.75. The van der Waals surface area contributed by atoms with Gasteiger partial charge in [0.05, 0.1) is 13.2 Å². The van der Waals surface area contributed by atoms with Crippen molar-refractivity contribution in [2.24, 2.45) is 0 Å². The second-order valence-corrected chi connectivity index (χ2v) is 6.54. The van der Waals surface area contributed by atoms with E-state index in [-0.39, 0.29) is 11.9 Å². The number of amides is 1. The topological polar surface area (TPSA) is 45.3 Å². The fraction of sp³-hybridized carbons (Fsp3) is 0.286. The maximum absolute atomic E-state index is 12.7. The van der Waals surface area contributed by atoms with Crippen LogP contribution in [-0.2, 0) is 11.3 Å². The first-order valence-corrected chi connectivity index (χ1v) is 8.75. The van der Waals surface area contributed by atoms with Gasteiger partial charge in [0.15, 0.2) is 0 Å². The number of likely N-dealkylation sites (tertiary alicyclic amines) is 1. The van der Waals surface area contributed by atoms with Crippen LogP contribution in [0.2, 0.25) is 0 Å². The number of carbonyl (C=O) groups is 1. The van der Waals surface area contributed by atoms with Gasteiger partial charge in [-0.25, -0.2) is 0 Å². The van der Waals surface area contributed by atoms with Crippen molar-refractivity contribution in [1.82, 2.24) is 9.88 Å². The molecule has 1 saturated heterocycles. The van der Waals surface area contributed by atoms with Gasteiger partial charge >= 0.3 is 0 Å². The number of methoxy groups -OCH3 is 1. The number of hydrogen-bond acceptors (Lipinski definition) is 2. The molecule has 0 spiro atoms. The van der Waals surface area contributed by atoms with E-state index >= 15 is 0 Å². The van der Waals surface area contributed by atoms with Crippen molar-refractivity contribution >= 4 is 16.8 Å². The summed E-state index contributed by atoms with van der Waals surface area (Å²) in [5.41, 5.74) is 3.36. The minimum absolute atomic E-state index is 0.0755. The van der Waals surface area contributed by atoms with Gasteiger partial charge in [0.1, 0.15) is 5.75 Å². The molecule has 0 aliphatic carbocycles. The van der Waals surface area contributed by atoms with Gasteiger partial charge in [-0.2, -0.15) is 0 Å². The molecule has 3 aromatic rings. The molecule has 2 heterocycles. The highest BCUT2D eigenvalue weighted by Crippen LogP contribution is 2.39. The second kappa shape index (κ2) is 6.63. The average molecular weight is 334 g/mol. The van der Waals surface area contributed by atoms with Crippen LogP contribution in [0.1, 0.15) is 36.4 Å². The molecule has 1 fully saturated rings. The van der Waals surface area contributed by atoms with Crippen molar-refractivity contribution < 1.29 is 9.53 Å². The van der Waals surface area contributed by atoms with Crippen molar-refractivity contribution in [2.45, 2.75) is 31.8 Å². The predicted molar refractivity (Wildman–Crippen MR) is 98.4 cm³/mol. The number of benzene rings is 2. The summed E-state index contributed by atoms with van der Waals surface area (Å²) in [5.74, 6) is 1.08. The normalized spacial score (nSPS) is 17.9. The van der Waals surface area contributed by atoms with E-state index in [1.807, 2.05) is 47.5 Å². The molecule has 0 unspecified atom stereocenters. The molecular formula is C21H22N2O2. The van der Waals surface area contributed by atoms with Gasteiger partial charge in [-0.1, -0.05) is 36.4 Å². The fourth-order valence-electron chi connectivity index (χ4n) is 3.83. The Morgan fingerprint density at radius 2 is 2.00 bits per heavy atom. The molecule has 0 bridgehead atoms. The summed E-state index contributed by atoms with van der Waals surface area (Å²) in [5, 5.41) is 1.09. The van der Waals surface area contributed by atoms with Crippen LogP contribution in [0.3, 0.4) is 0 Å². The van der Waals surface area contributed by atoms with E-state index in [1.54, 1.807) is 7.11 Å². The largest absolute Gasteiger partial charge is 0.496 e. The summed E-state index contributed by atoms with van der Waals surface area (Å²) in [7, 11) is 1.69. The van der Waals surface area contributed by atoms with Gasteiger partial charge < -0.3 is 14.6 Å². The molecule has 1 aliphatic rings. The first-order valence-electron chi connectivity index (χ1n) is 8.75. The molecule has 4 heteroatoms. The summed E-state index contributed by atoms with van der Waals surface area (Å²) >= 11 is 0. The maximum Gasteiger partial charge on any atom is 0.223 e. The van der Waals surface area contributed by atoms with Gasteiger partial charge in [-0.05, 0) is 30.5 Å². The van der Waals surface area contributed by atoms with Gasteiger partial charge in [-0.3, -0.25) is 4.79 Å². The predicted octanol–water partition coefficient (Wildman–Crippen LogP) is 4.43. The summed E-state index contributed by atoms with van der Waals surface area (Å²) in [6.45, 7) is 0.645. The Bertz CT molecular complexity index is 885. The number of aromatic amines is 1. The van der Waals surface area contributed by atoms with Crippen LogP contribution in [0.4, 0.5) is 0 Å². The summed E-state index contributed by atoms with van der Waals surface area (Å²) in [4.78, 5) is 18.0. The first-order chi connectivity index (χ1) is 12.3. The summed E-state index contributed by atoms with van der Waals surface area (Å²) in [6, 6.07) is 16.3. The van der Waals surface area contributed by atoms with Crippen LogP contribution >= 0.6 is 0 Å². The standard InChI is InChI=1S/C21H22N2O2/c1-25-19-11-5-9-17-21(19)16(13-22-17)18-10-6-12-20(24)23(18)14-15-7-3-2-4-8-15/h2-5,7-9,11,13,18,22H,6,10,12,14H2,1H3/t18-/m1/s1. The number of fused-ring (bicyclic) bond motifs is 1. The highest BCUT2D eigenvalue weighted by molar-refractivity contribution is 5.90. The maximum atomic E-state index is 12.7. The molecular weight excluding hydrogens is 312 g/mol. The van der Waals surface area contributed by atoms with E-state index < -0.39 is 0 Å². The van der Waals surface area contributed by atoms with Gasteiger partial charge in [0.25, 0.3) is 0 Å². The lowest BCUT2D eigenvalue weighted by Crippen LogP contribution is -2.37. The molecule has 1 amide bonds. The summed E-state index contributed by atoms with van der Waals surface area (Å²) in [6.07, 6.45) is 4.57. The third-order valence-electron chi connectivity index (χ3n) is 5.04. The summed E-state index contributed by atoms with van der Waals surface area (Å²) < 4.78 is 5.57. The number of ether oxygens (including phenoxy) is 1. The molecule has 128 valence electrons. The molecule has 2 aromatic carbocycles. The molecule has 1 N–H and O–H groups in total. The van der Waals surface area contributed by atoms with E-state index in [4.69, 9.17) is 4.74 Å². The molecule has 25 heavy (non-hydrogen) atoms. The molecule has 0 saturated carbocycles. The van der Waals surface area contributed by atoms with Gasteiger partial charge in [0, 0.05) is 35.6 Å². The van der Waals surface area contributed by atoms with Crippen LogP contribution in [0.25, 0.3) is 10.9 Å². The molecule has 1 aliphatic heterocycles. The van der Waals surface area contributed by atoms with Crippen LogP contribution in [0.5, 0.6) is 5.75 Å². The minimum atomic E-state index is 0.0755. The monoisotopic (exact) mass is 334 g/mol. The number of hydrogen-bond donors (Lipinski definition) is 1. The molecule has 1 atom stereocenters. The van der Waals surface area contributed by atoms with E-state index in [0.29, 0.717) is 13.0 Å². The number of nitrogens with zero attached hydrogens (tertiary/aromatic N) is 1. The molecule has 1 aromatic heterocycles. The van der Waals surface area contributed by atoms with Crippen LogP contribution < -0.4 is 4.74 Å². The SMILES string of the molecule is COc1cccc2[nH]cc([C@H]3CCCC(=O)N3Cc3ccccc3)c12.